The minimum absolute atomic E-state index is 0.0226. The second-order valence-electron chi connectivity index (χ2n) is 14.5. The van der Waals surface area contributed by atoms with E-state index in [2.05, 4.69) is 154 Å². The zero-order chi connectivity index (χ0) is 30.0. The van der Waals surface area contributed by atoms with Crippen molar-refractivity contribution in [1.82, 2.24) is 9.13 Å². The summed E-state index contributed by atoms with van der Waals surface area (Å²) in [6.45, 7) is 4.84. The molecule has 2 atom stereocenters. The molecule has 3 aromatic heterocycles. The number of nitrogens with zero attached hydrogens (tertiary/aromatic N) is 5. The molecule has 0 aliphatic carbocycles. The van der Waals surface area contributed by atoms with Crippen LogP contribution in [0.3, 0.4) is 0 Å². The Morgan fingerprint density at radius 1 is 0.587 bits per heavy atom. The number of aromatic nitrogens is 3. The molecule has 0 saturated carbocycles. The molecule has 8 aromatic rings. The van der Waals surface area contributed by atoms with E-state index in [1.165, 1.54) is 94.4 Å². The minimum atomic E-state index is -0.495. The summed E-state index contributed by atoms with van der Waals surface area (Å²) in [5.74, 6) is 1.31. The van der Waals surface area contributed by atoms with Gasteiger partial charge in [-0.1, -0.05) is 62.4 Å². The van der Waals surface area contributed by atoms with Crippen LogP contribution in [0.4, 0.5) is 17.1 Å². The number of benzene rings is 5. The predicted octanol–water partition coefficient (Wildman–Crippen LogP) is 8.15. The highest BCUT2D eigenvalue weighted by Gasteiger charge is 2.69. The number of fused-ring (bicyclic) bond motifs is 9. The molecule has 2 unspecified atom stereocenters. The summed E-state index contributed by atoms with van der Waals surface area (Å²) in [7, 11) is 2.31. The topological polar surface area (TPSA) is 20.2 Å². The first-order chi connectivity index (χ1) is 22.5. The lowest BCUT2D eigenvalue weighted by Gasteiger charge is -2.45. The van der Waals surface area contributed by atoms with Crippen molar-refractivity contribution in [3.8, 4) is 11.5 Å². The molecule has 0 amide bonds. The summed E-state index contributed by atoms with van der Waals surface area (Å²) < 4.78 is 7.96. The molecule has 8 heterocycles. The van der Waals surface area contributed by atoms with E-state index in [0.29, 0.717) is 0 Å². The summed E-state index contributed by atoms with van der Waals surface area (Å²) in [5.41, 5.74) is 15.5. The van der Waals surface area contributed by atoms with Crippen LogP contribution in [0.25, 0.3) is 55.1 Å². The molecule has 0 radical (unpaired) electrons. The van der Waals surface area contributed by atoms with E-state index >= 15 is 0 Å². The summed E-state index contributed by atoms with van der Waals surface area (Å²) in [6.07, 6.45) is 2.41. The molecule has 46 heavy (non-hydrogen) atoms. The van der Waals surface area contributed by atoms with Gasteiger partial charge in [0.15, 0.2) is 11.7 Å². The fraction of sp³-hybridized carbons (Fsp3) is 0.146. The number of anilines is 3. The standard InChI is InChI=1S/C41H28N5/c1-40(2)26-13-8-12-23-25-21-24-22-11-4-5-15-28(22)44-31-18-9-19-32-33(31)41(39-42(3)29-16-6-7-17-30(29)45(32)39)34(36(24)44)37(25)46(35(23)26)38-27(40)14-10-20-43(38)41/h4-21,39H,1-3H3/q+1. The Morgan fingerprint density at radius 3 is 2.20 bits per heavy atom. The van der Waals surface area contributed by atoms with E-state index < -0.39 is 5.54 Å². The third kappa shape index (κ3) is 1.95. The fourth-order valence-corrected chi connectivity index (χ4v) is 10.8. The summed E-state index contributed by atoms with van der Waals surface area (Å²) in [4.78, 5) is 5.21. The van der Waals surface area contributed by atoms with Gasteiger partial charge in [0.2, 0.25) is 5.54 Å². The average molecular weight is 591 g/mol. The SMILES string of the molecule is CN1c2ccccc2N2c3cccc4c3C3(c5c6c(cc7c8cccc9c8n(c57)-c5c(ccc[n+]53)C9(C)C)c3ccccc3n6-4)C12. The van der Waals surface area contributed by atoms with Gasteiger partial charge in [-0.2, -0.15) is 4.57 Å². The van der Waals surface area contributed by atoms with Gasteiger partial charge < -0.3 is 14.4 Å². The number of para-hydroxylation sites is 4. The number of pyridine rings is 1. The second kappa shape index (κ2) is 6.68. The third-order valence-electron chi connectivity index (χ3n) is 12.4. The lowest BCUT2D eigenvalue weighted by molar-refractivity contribution is -0.741. The van der Waals surface area contributed by atoms with Crippen LogP contribution < -0.4 is 14.4 Å². The lowest BCUT2D eigenvalue weighted by atomic mass is 9.72. The Bertz CT molecular complexity index is 2830. The molecule has 13 rings (SSSR count). The Balaban J connectivity index is 1.40. The molecule has 5 aliphatic heterocycles. The molecule has 216 valence electrons. The molecule has 5 aromatic carbocycles. The summed E-state index contributed by atoms with van der Waals surface area (Å²) in [6, 6.07) is 39.3. The average Bonchev–Trinajstić information content (AvgIpc) is 3.79. The van der Waals surface area contributed by atoms with Crippen molar-refractivity contribution in [2.75, 3.05) is 16.8 Å². The largest absolute Gasteiger partial charge is 0.348 e. The molecule has 0 fully saturated rings. The van der Waals surface area contributed by atoms with Crippen LogP contribution in [0.2, 0.25) is 0 Å². The first-order valence-corrected chi connectivity index (χ1v) is 16.4. The molecule has 5 nitrogen and oxygen atoms in total. The van der Waals surface area contributed by atoms with Crippen molar-refractivity contribution in [2.45, 2.75) is 31.0 Å². The smallest absolute Gasteiger partial charge is 0.292 e. The number of likely N-dealkylation sites (N-methyl/N-ethyl adjacent to an activating group) is 1. The van der Waals surface area contributed by atoms with Gasteiger partial charge >= 0.3 is 0 Å². The van der Waals surface area contributed by atoms with E-state index in [4.69, 9.17) is 0 Å². The van der Waals surface area contributed by atoms with E-state index in [9.17, 15) is 0 Å². The lowest BCUT2D eigenvalue weighted by Crippen LogP contribution is -2.71. The van der Waals surface area contributed by atoms with Crippen molar-refractivity contribution < 1.29 is 4.57 Å². The third-order valence-corrected chi connectivity index (χ3v) is 12.4. The zero-order valence-electron chi connectivity index (χ0n) is 25.7. The maximum Gasteiger partial charge on any atom is 0.292 e. The molecule has 1 spiro atoms. The van der Waals surface area contributed by atoms with Gasteiger partial charge in [0.1, 0.15) is 5.52 Å². The van der Waals surface area contributed by atoms with Gasteiger partial charge in [-0.05, 0) is 54.6 Å². The fourth-order valence-electron chi connectivity index (χ4n) is 10.8. The van der Waals surface area contributed by atoms with Crippen molar-refractivity contribution in [1.29, 1.82) is 0 Å². The Labute approximate surface area is 264 Å². The maximum absolute atomic E-state index is 2.71. The van der Waals surface area contributed by atoms with E-state index in [1.807, 2.05) is 0 Å². The van der Waals surface area contributed by atoms with Crippen LogP contribution in [0.5, 0.6) is 0 Å². The van der Waals surface area contributed by atoms with Crippen molar-refractivity contribution in [3.05, 3.63) is 132 Å². The Kier molecular flexibility index (Phi) is 3.32. The highest BCUT2D eigenvalue weighted by molar-refractivity contribution is 6.23. The first-order valence-electron chi connectivity index (χ1n) is 16.4. The van der Waals surface area contributed by atoms with E-state index in [0.717, 1.165) is 0 Å². The maximum atomic E-state index is 2.71. The monoisotopic (exact) mass is 590 g/mol. The number of hydrogen-bond acceptors (Lipinski definition) is 2. The van der Waals surface area contributed by atoms with Gasteiger partial charge in [-0.15, -0.1) is 0 Å². The number of rotatable bonds is 0. The van der Waals surface area contributed by atoms with E-state index in [1.54, 1.807) is 0 Å². The molecule has 0 N–H and O–H groups in total. The molecule has 5 heteroatoms. The Hall–Kier alpha value is -5.55. The highest BCUT2D eigenvalue weighted by atomic mass is 15.5. The first kappa shape index (κ1) is 22.9. The normalized spacial score (nSPS) is 21.3. The van der Waals surface area contributed by atoms with Gasteiger partial charge in [0.25, 0.3) is 5.82 Å². The molecule has 0 bridgehead atoms. The van der Waals surface area contributed by atoms with E-state index in [-0.39, 0.29) is 11.6 Å². The summed E-state index contributed by atoms with van der Waals surface area (Å²) >= 11 is 0. The predicted molar refractivity (Wildman–Crippen MR) is 184 cm³/mol. The van der Waals surface area contributed by atoms with Crippen LogP contribution in [0.15, 0.2) is 109 Å². The van der Waals surface area contributed by atoms with Gasteiger partial charge in [-0.3, -0.25) is 0 Å². The van der Waals surface area contributed by atoms with Gasteiger partial charge in [0, 0.05) is 39.6 Å². The van der Waals surface area contributed by atoms with Gasteiger partial charge in [0.05, 0.1) is 56.7 Å². The molecular weight excluding hydrogens is 562 g/mol. The zero-order valence-corrected chi connectivity index (χ0v) is 25.7. The van der Waals surface area contributed by atoms with Crippen LogP contribution in [-0.2, 0) is 11.0 Å². The van der Waals surface area contributed by atoms with Crippen molar-refractivity contribution >= 4 is 60.7 Å². The van der Waals surface area contributed by atoms with Crippen LogP contribution in [0, 0.1) is 0 Å². The van der Waals surface area contributed by atoms with Gasteiger partial charge in [-0.25, -0.2) is 4.57 Å². The van der Waals surface area contributed by atoms with Crippen molar-refractivity contribution in [2.24, 2.45) is 0 Å². The number of hydrogen-bond donors (Lipinski definition) is 0. The van der Waals surface area contributed by atoms with Crippen LogP contribution >= 0.6 is 0 Å². The quantitative estimate of drug-likeness (QED) is 0.166. The summed E-state index contributed by atoms with van der Waals surface area (Å²) in [5, 5.41) is 5.37. The van der Waals surface area contributed by atoms with Crippen LogP contribution in [0.1, 0.15) is 36.1 Å². The Morgan fingerprint density at radius 2 is 1.28 bits per heavy atom. The molecule has 0 saturated heterocycles. The minimum Gasteiger partial charge on any atom is -0.348 e. The van der Waals surface area contributed by atoms with Crippen LogP contribution in [-0.4, -0.2) is 22.3 Å². The second-order valence-corrected chi connectivity index (χ2v) is 14.5. The molecular formula is C41H28N5+. The highest BCUT2D eigenvalue weighted by Crippen LogP contribution is 2.65. The molecule has 5 aliphatic rings. The van der Waals surface area contributed by atoms with Crippen molar-refractivity contribution in [3.63, 3.8) is 0 Å².